The number of fused-ring (bicyclic) bond motifs is 1. The highest BCUT2D eigenvalue weighted by Gasteiger charge is 2.29. The molecule has 0 aliphatic carbocycles. The van der Waals surface area contributed by atoms with Gasteiger partial charge in [0, 0.05) is 23.4 Å². The number of rotatable bonds is 7. The Kier molecular flexibility index (Phi) is 5.61. The second-order valence-corrected chi connectivity index (χ2v) is 6.70. The standard InChI is InChI=1S/C20H32N2O/c1-7-14(5)21-16-11-17-15(8-2)13-20(6,9-3)22-19(17)18(12-16)23-10-4/h11-14,21-22H,7-10H2,1-6H3. The summed E-state index contributed by atoms with van der Waals surface area (Å²) in [7, 11) is 0. The summed E-state index contributed by atoms with van der Waals surface area (Å²) in [6, 6.07) is 4.85. The highest BCUT2D eigenvalue weighted by atomic mass is 16.5. The van der Waals surface area contributed by atoms with Gasteiger partial charge in [0.15, 0.2) is 0 Å². The summed E-state index contributed by atoms with van der Waals surface area (Å²) in [5.41, 5.74) is 4.95. The molecule has 3 heteroatoms. The van der Waals surface area contributed by atoms with Gasteiger partial charge in [0.1, 0.15) is 5.75 Å². The maximum absolute atomic E-state index is 5.96. The van der Waals surface area contributed by atoms with E-state index in [4.69, 9.17) is 4.74 Å². The van der Waals surface area contributed by atoms with E-state index < -0.39 is 0 Å². The molecule has 2 unspecified atom stereocenters. The molecular weight excluding hydrogens is 284 g/mol. The highest BCUT2D eigenvalue weighted by Crippen LogP contribution is 2.44. The Balaban J connectivity index is 2.52. The van der Waals surface area contributed by atoms with Crippen LogP contribution in [0.1, 0.15) is 66.4 Å². The van der Waals surface area contributed by atoms with Crippen molar-refractivity contribution in [2.45, 2.75) is 72.4 Å². The Morgan fingerprint density at radius 1 is 1.22 bits per heavy atom. The Hall–Kier alpha value is -1.64. The zero-order valence-corrected chi connectivity index (χ0v) is 15.5. The van der Waals surface area contributed by atoms with Crippen molar-refractivity contribution < 1.29 is 4.74 Å². The van der Waals surface area contributed by atoms with Gasteiger partial charge in [-0.05, 0) is 51.7 Å². The van der Waals surface area contributed by atoms with Crippen molar-refractivity contribution in [2.24, 2.45) is 0 Å². The second kappa shape index (κ2) is 7.29. The van der Waals surface area contributed by atoms with Crippen LogP contribution in [0.3, 0.4) is 0 Å². The summed E-state index contributed by atoms with van der Waals surface area (Å²) in [6.07, 6.45) is 5.57. The molecular formula is C20H32N2O. The van der Waals surface area contributed by atoms with E-state index in [9.17, 15) is 0 Å². The van der Waals surface area contributed by atoms with Crippen LogP contribution in [0.5, 0.6) is 5.75 Å². The minimum atomic E-state index is -0.00412. The van der Waals surface area contributed by atoms with Gasteiger partial charge in [0.2, 0.25) is 0 Å². The molecule has 128 valence electrons. The molecule has 23 heavy (non-hydrogen) atoms. The van der Waals surface area contributed by atoms with E-state index in [1.54, 1.807) is 0 Å². The first kappa shape index (κ1) is 17.7. The summed E-state index contributed by atoms with van der Waals surface area (Å²) in [5.74, 6) is 0.953. The van der Waals surface area contributed by atoms with Crippen molar-refractivity contribution in [1.29, 1.82) is 0 Å². The molecule has 0 aromatic heterocycles. The Labute approximate surface area is 141 Å². The van der Waals surface area contributed by atoms with E-state index in [1.165, 1.54) is 11.1 Å². The monoisotopic (exact) mass is 316 g/mol. The van der Waals surface area contributed by atoms with Crippen LogP contribution in [0.4, 0.5) is 11.4 Å². The van der Waals surface area contributed by atoms with Gasteiger partial charge in [-0.25, -0.2) is 0 Å². The fraction of sp³-hybridized carbons (Fsp3) is 0.600. The largest absolute Gasteiger partial charge is 0.492 e. The number of hydrogen-bond acceptors (Lipinski definition) is 3. The first-order valence-corrected chi connectivity index (χ1v) is 9.03. The molecule has 2 N–H and O–H groups in total. The summed E-state index contributed by atoms with van der Waals surface area (Å²) in [6.45, 7) is 13.8. The van der Waals surface area contributed by atoms with Crippen molar-refractivity contribution in [2.75, 3.05) is 17.2 Å². The molecule has 3 nitrogen and oxygen atoms in total. The molecule has 2 atom stereocenters. The van der Waals surface area contributed by atoms with Crippen molar-refractivity contribution >= 4 is 16.9 Å². The highest BCUT2D eigenvalue weighted by molar-refractivity contribution is 5.87. The average molecular weight is 316 g/mol. The molecule has 1 aliphatic rings. The third-order valence-electron chi connectivity index (χ3n) is 4.79. The molecule has 0 fully saturated rings. The van der Waals surface area contributed by atoms with E-state index in [0.717, 1.165) is 36.4 Å². The predicted molar refractivity (Wildman–Crippen MR) is 102 cm³/mol. The van der Waals surface area contributed by atoms with Crippen molar-refractivity contribution in [1.82, 2.24) is 0 Å². The SMILES string of the molecule is CCOc1cc(NC(C)CC)cc2c1NC(C)(CC)C=C2CC. The van der Waals surface area contributed by atoms with Crippen LogP contribution in [-0.4, -0.2) is 18.2 Å². The van der Waals surface area contributed by atoms with Crippen LogP contribution in [0, 0.1) is 0 Å². The van der Waals surface area contributed by atoms with Crippen molar-refractivity contribution in [3.8, 4) is 5.75 Å². The zero-order valence-electron chi connectivity index (χ0n) is 15.5. The van der Waals surface area contributed by atoms with Gasteiger partial charge in [0.25, 0.3) is 0 Å². The maximum atomic E-state index is 5.96. The van der Waals surface area contributed by atoms with Crippen LogP contribution in [-0.2, 0) is 0 Å². The molecule has 0 spiro atoms. The summed E-state index contributed by atoms with van der Waals surface area (Å²) >= 11 is 0. The number of hydrogen-bond donors (Lipinski definition) is 2. The third-order valence-corrected chi connectivity index (χ3v) is 4.79. The number of allylic oxidation sites excluding steroid dienone is 1. The number of anilines is 2. The lowest BCUT2D eigenvalue weighted by atomic mass is 9.86. The fourth-order valence-electron chi connectivity index (χ4n) is 3.00. The molecule has 1 aromatic carbocycles. The van der Waals surface area contributed by atoms with Crippen LogP contribution >= 0.6 is 0 Å². The molecule has 1 aromatic rings. The van der Waals surface area contributed by atoms with Crippen molar-refractivity contribution in [3.05, 3.63) is 23.8 Å². The molecule has 1 aliphatic heterocycles. The fourth-order valence-corrected chi connectivity index (χ4v) is 3.00. The van der Waals surface area contributed by atoms with Crippen LogP contribution in [0.2, 0.25) is 0 Å². The van der Waals surface area contributed by atoms with Gasteiger partial charge in [-0.2, -0.15) is 0 Å². The summed E-state index contributed by atoms with van der Waals surface area (Å²) in [4.78, 5) is 0. The van der Waals surface area contributed by atoms with Gasteiger partial charge in [-0.15, -0.1) is 0 Å². The predicted octanol–water partition coefficient (Wildman–Crippen LogP) is 5.68. The molecule has 2 rings (SSSR count). The van der Waals surface area contributed by atoms with Gasteiger partial charge >= 0.3 is 0 Å². The molecule has 0 saturated carbocycles. The van der Waals surface area contributed by atoms with Gasteiger partial charge < -0.3 is 15.4 Å². The van der Waals surface area contributed by atoms with Gasteiger partial charge in [-0.1, -0.05) is 26.8 Å². The second-order valence-electron chi connectivity index (χ2n) is 6.70. The van der Waals surface area contributed by atoms with Crippen LogP contribution < -0.4 is 15.4 Å². The normalized spacial score (nSPS) is 21.0. The molecule has 1 heterocycles. The first-order valence-electron chi connectivity index (χ1n) is 9.03. The summed E-state index contributed by atoms with van der Waals surface area (Å²) < 4.78 is 5.96. The minimum absolute atomic E-state index is 0.00412. The lowest BCUT2D eigenvalue weighted by molar-refractivity contribution is 0.341. The Morgan fingerprint density at radius 2 is 1.96 bits per heavy atom. The topological polar surface area (TPSA) is 33.3 Å². The van der Waals surface area contributed by atoms with E-state index in [-0.39, 0.29) is 5.54 Å². The average Bonchev–Trinajstić information content (AvgIpc) is 2.55. The number of ether oxygens (including phenoxy) is 1. The van der Waals surface area contributed by atoms with E-state index in [1.807, 2.05) is 6.92 Å². The van der Waals surface area contributed by atoms with E-state index in [0.29, 0.717) is 12.6 Å². The quantitative estimate of drug-likeness (QED) is 0.678. The van der Waals surface area contributed by atoms with Crippen LogP contribution in [0.25, 0.3) is 5.57 Å². The summed E-state index contributed by atoms with van der Waals surface area (Å²) in [5, 5.41) is 7.29. The Morgan fingerprint density at radius 3 is 2.52 bits per heavy atom. The first-order chi connectivity index (χ1) is 11.0. The van der Waals surface area contributed by atoms with E-state index in [2.05, 4.69) is 63.5 Å². The lowest BCUT2D eigenvalue weighted by Gasteiger charge is -2.36. The molecule has 0 bridgehead atoms. The molecule has 0 amide bonds. The number of benzene rings is 1. The molecule has 0 saturated heterocycles. The van der Waals surface area contributed by atoms with Gasteiger partial charge in [-0.3, -0.25) is 0 Å². The van der Waals surface area contributed by atoms with E-state index >= 15 is 0 Å². The smallest absolute Gasteiger partial charge is 0.145 e. The lowest BCUT2D eigenvalue weighted by Crippen LogP contribution is -2.35. The zero-order chi connectivity index (χ0) is 17.0. The minimum Gasteiger partial charge on any atom is -0.492 e. The van der Waals surface area contributed by atoms with Crippen molar-refractivity contribution in [3.63, 3.8) is 0 Å². The van der Waals surface area contributed by atoms with Crippen LogP contribution in [0.15, 0.2) is 18.2 Å². The maximum Gasteiger partial charge on any atom is 0.145 e. The molecule has 0 radical (unpaired) electrons. The Bertz CT molecular complexity index is 579. The van der Waals surface area contributed by atoms with Gasteiger partial charge in [0.05, 0.1) is 17.8 Å². The third kappa shape index (κ3) is 3.82. The number of nitrogens with one attached hydrogen (secondary N) is 2.